The first kappa shape index (κ1) is 18.0. The summed E-state index contributed by atoms with van der Waals surface area (Å²) in [5.74, 6) is -0.832. The van der Waals surface area contributed by atoms with Gasteiger partial charge in [0.15, 0.2) is 0 Å². The third-order valence-corrected chi connectivity index (χ3v) is 3.78. The van der Waals surface area contributed by atoms with E-state index in [1.807, 2.05) is 0 Å². The second-order valence-corrected chi connectivity index (χ2v) is 5.52. The second-order valence-electron chi connectivity index (χ2n) is 5.52. The van der Waals surface area contributed by atoms with Crippen molar-refractivity contribution in [1.29, 1.82) is 0 Å². The SMILES string of the molecule is COC(=O)c1ccc(Nc2nc(-c3ccc(F)cc3)ccc2[N+](=O)[O-])cc1. The van der Waals surface area contributed by atoms with E-state index in [9.17, 15) is 19.3 Å². The molecule has 0 spiro atoms. The molecule has 0 atom stereocenters. The number of anilines is 2. The molecular weight excluding hydrogens is 353 g/mol. The van der Waals surface area contributed by atoms with E-state index in [-0.39, 0.29) is 17.3 Å². The van der Waals surface area contributed by atoms with Crippen LogP contribution in [-0.4, -0.2) is 23.0 Å². The molecule has 8 heteroatoms. The number of benzene rings is 2. The maximum absolute atomic E-state index is 13.1. The van der Waals surface area contributed by atoms with Gasteiger partial charge in [0, 0.05) is 17.3 Å². The summed E-state index contributed by atoms with van der Waals surface area (Å²) in [6.45, 7) is 0. The van der Waals surface area contributed by atoms with Crippen LogP contribution in [-0.2, 0) is 4.74 Å². The number of halogens is 1. The summed E-state index contributed by atoms with van der Waals surface area (Å²) in [7, 11) is 1.28. The van der Waals surface area contributed by atoms with Gasteiger partial charge in [-0.2, -0.15) is 0 Å². The first-order valence-electron chi connectivity index (χ1n) is 7.84. The molecule has 2 aromatic carbocycles. The molecule has 0 aliphatic carbocycles. The number of nitro groups is 1. The van der Waals surface area contributed by atoms with E-state index in [2.05, 4.69) is 15.0 Å². The maximum atomic E-state index is 13.1. The number of nitrogens with one attached hydrogen (secondary N) is 1. The first-order chi connectivity index (χ1) is 13.0. The van der Waals surface area contributed by atoms with Crippen LogP contribution in [0.2, 0.25) is 0 Å². The lowest BCUT2D eigenvalue weighted by Crippen LogP contribution is -2.03. The number of nitrogens with zero attached hydrogens (tertiary/aromatic N) is 2. The molecule has 0 amide bonds. The highest BCUT2D eigenvalue weighted by Gasteiger charge is 2.17. The molecule has 0 radical (unpaired) electrons. The molecule has 0 aliphatic heterocycles. The van der Waals surface area contributed by atoms with Crippen molar-refractivity contribution in [3.8, 4) is 11.3 Å². The Bertz CT molecular complexity index is 989. The van der Waals surface area contributed by atoms with Crippen LogP contribution in [0.3, 0.4) is 0 Å². The summed E-state index contributed by atoms with van der Waals surface area (Å²) in [5, 5.41) is 14.2. The summed E-state index contributed by atoms with van der Waals surface area (Å²) < 4.78 is 17.7. The third-order valence-electron chi connectivity index (χ3n) is 3.78. The summed E-state index contributed by atoms with van der Waals surface area (Å²) in [4.78, 5) is 26.5. The van der Waals surface area contributed by atoms with Gasteiger partial charge in [-0.25, -0.2) is 14.2 Å². The number of carbonyl (C=O) groups excluding carboxylic acids is 1. The van der Waals surface area contributed by atoms with Gasteiger partial charge in [0.25, 0.3) is 0 Å². The fourth-order valence-electron chi connectivity index (χ4n) is 2.42. The fourth-order valence-corrected chi connectivity index (χ4v) is 2.42. The molecule has 0 aliphatic rings. The monoisotopic (exact) mass is 367 g/mol. The van der Waals surface area contributed by atoms with E-state index in [1.165, 1.54) is 43.5 Å². The maximum Gasteiger partial charge on any atom is 0.337 e. The molecule has 0 bridgehead atoms. The van der Waals surface area contributed by atoms with Gasteiger partial charge < -0.3 is 10.1 Å². The van der Waals surface area contributed by atoms with Crippen LogP contribution < -0.4 is 5.32 Å². The van der Waals surface area contributed by atoms with Crippen LogP contribution in [0.15, 0.2) is 60.7 Å². The smallest absolute Gasteiger partial charge is 0.337 e. The Morgan fingerprint density at radius 2 is 1.74 bits per heavy atom. The minimum atomic E-state index is -0.549. The van der Waals surface area contributed by atoms with E-state index in [0.29, 0.717) is 22.5 Å². The van der Waals surface area contributed by atoms with Gasteiger partial charge >= 0.3 is 11.7 Å². The zero-order valence-corrected chi connectivity index (χ0v) is 14.2. The normalized spacial score (nSPS) is 10.3. The summed E-state index contributed by atoms with van der Waals surface area (Å²) in [5.41, 5.74) is 1.72. The van der Waals surface area contributed by atoms with E-state index >= 15 is 0 Å². The zero-order valence-electron chi connectivity index (χ0n) is 14.2. The predicted octanol–water partition coefficient (Wildman–Crippen LogP) is 4.33. The first-order valence-corrected chi connectivity index (χ1v) is 7.84. The topological polar surface area (TPSA) is 94.4 Å². The molecule has 0 saturated heterocycles. The number of rotatable bonds is 5. The van der Waals surface area contributed by atoms with E-state index in [1.54, 1.807) is 24.3 Å². The van der Waals surface area contributed by atoms with Gasteiger partial charge in [-0.15, -0.1) is 0 Å². The number of esters is 1. The second kappa shape index (κ2) is 7.61. The molecule has 1 heterocycles. The van der Waals surface area contributed by atoms with Crippen molar-refractivity contribution in [2.24, 2.45) is 0 Å². The lowest BCUT2D eigenvalue weighted by atomic mass is 10.1. The van der Waals surface area contributed by atoms with Gasteiger partial charge in [-0.1, -0.05) is 0 Å². The van der Waals surface area contributed by atoms with Crippen molar-refractivity contribution in [2.45, 2.75) is 0 Å². The Kier molecular flexibility index (Phi) is 5.07. The van der Waals surface area contributed by atoms with Crippen molar-refractivity contribution in [1.82, 2.24) is 4.98 Å². The molecule has 3 aromatic rings. The van der Waals surface area contributed by atoms with Gasteiger partial charge in [0.1, 0.15) is 5.82 Å². The number of pyridine rings is 1. The van der Waals surface area contributed by atoms with Crippen LogP contribution in [0.1, 0.15) is 10.4 Å². The summed E-state index contributed by atoms with van der Waals surface area (Å²) in [6, 6.07) is 14.7. The Hall–Kier alpha value is -3.81. The quantitative estimate of drug-likeness (QED) is 0.410. The molecule has 7 nitrogen and oxygen atoms in total. The van der Waals surface area contributed by atoms with Crippen LogP contribution in [0, 0.1) is 15.9 Å². The van der Waals surface area contributed by atoms with Crippen molar-refractivity contribution in [3.05, 3.63) is 82.2 Å². The van der Waals surface area contributed by atoms with Crippen LogP contribution in [0.5, 0.6) is 0 Å². The van der Waals surface area contributed by atoms with Crippen LogP contribution >= 0.6 is 0 Å². The number of aromatic nitrogens is 1. The highest BCUT2D eigenvalue weighted by molar-refractivity contribution is 5.89. The fraction of sp³-hybridized carbons (Fsp3) is 0.0526. The number of methoxy groups -OCH3 is 1. The standard InChI is InChI=1S/C19H14FN3O4/c1-27-19(24)13-4-8-15(9-5-13)21-18-17(23(25)26)11-10-16(22-18)12-2-6-14(20)7-3-12/h2-11H,1H3,(H,21,22). The largest absolute Gasteiger partial charge is 0.465 e. The minimum Gasteiger partial charge on any atom is -0.465 e. The van der Waals surface area contributed by atoms with Crippen molar-refractivity contribution >= 4 is 23.2 Å². The minimum absolute atomic E-state index is 0.0349. The van der Waals surface area contributed by atoms with E-state index in [4.69, 9.17) is 0 Å². The Balaban J connectivity index is 1.94. The lowest BCUT2D eigenvalue weighted by Gasteiger charge is -2.09. The number of hydrogen-bond donors (Lipinski definition) is 1. The van der Waals surface area contributed by atoms with Crippen LogP contribution in [0.25, 0.3) is 11.3 Å². The van der Waals surface area contributed by atoms with Crippen molar-refractivity contribution < 1.29 is 18.8 Å². The summed E-state index contributed by atoms with van der Waals surface area (Å²) >= 11 is 0. The number of carbonyl (C=O) groups is 1. The molecule has 0 fully saturated rings. The van der Waals surface area contributed by atoms with Crippen molar-refractivity contribution in [3.63, 3.8) is 0 Å². The highest BCUT2D eigenvalue weighted by Crippen LogP contribution is 2.29. The molecule has 0 unspecified atom stereocenters. The Morgan fingerprint density at radius 3 is 2.33 bits per heavy atom. The molecular formula is C19H14FN3O4. The average Bonchev–Trinajstić information content (AvgIpc) is 2.68. The Labute approximate surface area is 153 Å². The van der Waals surface area contributed by atoms with Crippen molar-refractivity contribution in [2.75, 3.05) is 12.4 Å². The van der Waals surface area contributed by atoms with Gasteiger partial charge in [-0.3, -0.25) is 10.1 Å². The lowest BCUT2D eigenvalue weighted by molar-refractivity contribution is -0.384. The average molecular weight is 367 g/mol. The Morgan fingerprint density at radius 1 is 1.07 bits per heavy atom. The highest BCUT2D eigenvalue weighted by atomic mass is 19.1. The molecule has 136 valence electrons. The van der Waals surface area contributed by atoms with Gasteiger partial charge in [0.2, 0.25) is 5.82 Å². The molecule has 0 saturated carbocycles. The molecule has 3 rings (SSSR count). The third kappa shape index (κ3) is 4.06. The molecule has 1 N–H and O–H groups in total. The van der Waals surface area contributed by atoms with E-state index in [0.717, 1.165) is 0 Å². The predicted molar refractivity (Wildman–Crippen MR) is 97.3 cm³/mol. The molecule has 27 heavy (non-hydrogen) atoms. The van der Waals surface area contributed by atoms with Crippen LogP contribution in [0.4, 0.5) is 21.6 Å². The van der Waals surface area contributed by atoms with Gasteiger partial charge in [0.05, 0.1) is 23.3 Å². The van der Waals surface area contributed by atoms with E-state index < -0.39 is 10.9 Å². The number of hydrogen-bond acceptors (Lipinski definition) is 6. The molecule has 1 aromatic heterocycles. The van der Waals surface area contributed by atoms with Gasteiger partial charge in [-0.05, 0) is 54.6 Å². The zero-order chi connectivity index (χ0) is 19.4. The number of ether oxygens (including phenoxy) is 1. The summed E-state index contributed by atoms with van der Waals surface area (Å²) in [6.07, 6.45) is 0.